The van der Waals surface area contributed by atoms with Gasteiger partial charge in [-0.25, -0.2) is 0 Å². The Morgan fingerprint density at radius 2 is 0.893 bits per heavy atom. The van der Waals surface area contributed by atoms with Crippen LogP contribution in [0.3, 0.4) is 0 Å². The van der Waals surface area contributed by atoms with Crippen LogP contribution in [-0.4, -0.2) is 0 Å². The predicted molar refractivity (Wildman–Crippen MR) is 238 cm³/mol. The summed E-state index contributed by atoms with van der Waals surface area (Å²) in [6.07, 6.45) is 0. The van der Waals surface area contributed by atoms with E-state index in [1.807, 2.05) is 92.7 Å². The van der Waals surface area contributed by atoms with E-state index in [-0.39, 0.29) is 11.3 Å². The van der Waals surface area contributed by atoms with Crippen molar-refractivity contribution in [1.82, 2.24) is 0 Å². The van der Waals surface area contributed by atoms with Gasteiger partial charge in [0.25, 0.3) is 0 Å². The van der Waals surface area contributed by atoms with Gasteiger partial charge in [-0.3, -0.25) is 0 Å². The van der Waals surface area contributed by atoms with E-state index in [1.54, 1.807) is 30.3 Å². The van der Waals surface area contributed by atoms with Crippen molar-refractivity contribution in [3.8, 4) is 55.6 Å². The summed E-state index contributed by atoms with van der Waals surface area (Å²) in [7, 11) is 0. The highest BCUT2D eigenvalue weighted by Crippen LogP contribution is 2.50. The Hall–Kier alpha value is -6.96. The quantitative estimate of drug-likeness (QED) is 0.158. The SMILES string of the molecule is [2H]c1c([2H])c([2H])c(-c2c([2H])c([2H])c(-c3c([2H])c([2H])c(N(c4ccc5c(c4)C(C)(C)c4ccccc4-5)c4c([2H])c([2H])c(-c5cccc(-c6cccc7ccccc67)c5)c([2H])c4[2H])c([2H])c3[2H])c([2H])c2[2H])c([2H])c1[2H]. The predicted octanol–water partition coefficient (Wildman–Crippen LogP) is 15.3. The summed E-state index contributed by atoms with van der Waals surface area (Å²) >= 11 is 0. The largest absolute Gasteiger partial charge is 0.310 e. The molecule has 10 rings (SSSR count). The molecule has 0 bridgehead atoms. The van der Waals surface area contributed by atoms with Crippen LogP contribution in [0, 0.1) is 0 Å². The molecule has 0 N–H and O–H groups in total. The summed E-state index contributed by atoms with van der Waals surface area (Å²) in [5, 5.41) is 1.98. The standard InChI is InChI=1S/C55H41N/c1-55(2)53-21-9-8-19-51(53)52-35-34-48(37-54(52)55)56(46-30-26-41(27-31-46)40-24-22-39(23-25-40)38-12-4-3-5-13-38)47-32-28-42(29-33-47)44-16-10-17-45(36-44)50-20-11-15-43-14-6-7-18-49(43)50/h3-37H,1-2H3/i3D,4D,5D,12D,13D,22D,23D,24D,25D,26D,27D,28D,29D,30D,31D,32D,33D. The van der Waals surface area contributed by atoms with Crippen LogP contribution in [0.2, 0.25) is 0 Å². The Kier molecular flexibility index (Phi) is 4.92. The molecular formula is C55H41N. The van der Waals surface area contributed by atoms with Gasteiger partial charge in [0.05, 0.1) is 23.3 Å². The van der Waals surface area contributed by atoms with Crippen molar-refractivity contribution in [2.45, 2.75) is 19.3 Å². The van der Waals surface area contributed by atoms with Crippen LogP contribution in [0.15, 0.2) is 212 Å². The van der Waals surface area contributed by atoms with E-state index in [2.05, 4.69) is 0 Å². The molecule has 0 spiro atoms. The van der Waals surface area contributed by atoms with Gasteiger partial charge in [-0.1, -0.05) is 183 Å². The van der Waals surface area contributed by atoms with Gasteiger partial charge < -0.3 is 4.90 Å². The molecule has 1 heteroatoms. The molecule has 0 aromatic heterocycles. The first kappa shape index (κ1) is 20.1. The molecule has 0 fully saturated rings. The minimum atomic E-state index is -0.867. The van der Waals surface area contributed by atoms with E-state index in [0.29, 0.717) is 5.56 Å². The van der Waals surface area contributed by atoms with Crippen LogP contribution in [0.25, 0.3) is 66.4 Å². The Morgan fingerprint density at radius 1 is 0.375 bits per heavy atom. The number of anilines is 3. The lowest BCUT2D eigenvalue weighted by molar-refractivity contribution is 0.660. The number of rotatable bonds is 7. The van der Waals surface area contributed by atoms with Crippen molar-refractivity contribution in [1.29, 1.82) is 0 Å². The fourth-order valence-electron chi connectivity index (χ4n) is 7.56. The van der Waals surface area contributed by atoms with E-state index in [0.717, 1.165) is 44.2 Å². The fourth-order valence-corrected chi connectivity index (χ4v) is 7.56. The highest BCUT2D eigenvalue weighted by atomic mass is 15.1. The lowest BCUT2D eigenvalue weighted by atomic mass is 9.82. The van der Waals surface area contributed by atoms with Gasteiger partial charge in [-0.05, 0) is 120 Å². The molecule has 1 nitrogen and oxygen atoms in total. The zero-order chi connectivity index (χ0) is 52.4. The van der Waals surface area contributed by atoms with Gasteiger partial charge in [0.1, 0.15) is 0 Å². The highest BCUT2D eigenvalue weighted by Gasteiger charge is 2.35. The van der Waals surface area contributed by atoms with Gasteiger partial charge in [0.15, 0.2) is 0 Å². The van der Waals surface area contributed by atoms with Crippen LogP contribution in [0.4, 0.5) is 17.1 Å². The Morgan fingerprint density at radius 3 is 1.61 bits per heavy atom. The molecule has 0 saturated carbocycles. The second-order valence-corrected chi connectivity index (χ2v) is 14.0. The molecular weight excluding hydrogens is 675 g/mol. The maximum Gasteiger partial charge on any atom is 0.0645 e. The summed E-state index contributed by atoms with van der Waals surface area (Å²) in [6.45, 7) is 4.04. The highest BCUT2D eigenvalue weighted by molar-refractivity contribution is 5.97. The minimum absolute atomic E-state index is 0.0170. The number of benzene rings is 9. The number of hydrogen-bond acceptors (Lipinski definition) is 1. The van der Waals surface area contributed by atoms with Crippen molar-refractivity contribution < 1.29 is 23.3 Å². The van der Waals surface area contributed by atoms with Gasteiger partial charge in [-0.2, -0.15) is 0 Å². The molecule has 0 heterocycles. The van der Waals surface area contributed by atoms with Crippen molar-refractivity contribution in [2.75, 3.05) is 4.90 Å². The zero-order valence-corrected chi connectivity index (χ0v) is 30.3. The molecule has 0 saturated heterocycles. The van der Waals surface area contributed by atoms with Crippen LogP contribution in [-0.2, 0) is 5.41 Å². The summed E-state index contributed by atoms with van der Waals surface area (Å²) < 4.78 is 154. The summed E-state index contributed by atoms with van der Waals surface area (Å²) in [5.74, 6) is 0. The molecule has 0 amide bonds. The van der Waals surface area contributed by atoms with Crippen LogP contribution < -0.4 is 4.90 Å². The number of nitrogens with zero attached hydrogens (tertiary/aromatic N) is 1. The molecule has 0 atom stereocenters. The molecule has 9 aromatic rings. The average Bonchev–Trinajstić information content (AvgIpc) is 3.62. The Balaban J connectivity index is 1.21. The molecule has 266 valence electrons. The van der Waals surface area contributed by atoms with E-state index in [1.165, 1.54) is 4.90 Å². The maximum absolute atomic E-state index is 9.70. The van der Waals surface area contributed by atoms with Crippen molar-refractivity contribution in [3.05, 3.63) is 223 Å². The van der Waals surface area contributed by atoms with Crippen molar-refractivity contribution in [2.24, 2.45) is 0 Å². The monoisotopic (exact) mass is 732 g/mol. The molecule has 1 aliphatic carbocycles. The van der Waals surface area contributed by atoms with E-state index in [9.17, 15) is 11.0 Å². The minimum Gasteiger partial charge on any atom is -0.310 e. The maximum atomic E-state index is 9.70. The van der Waals surface area contributed by atoms with E-state index < -0.39 is 142 Å². The molecule has 0 aliphatic heterocycles. The molecule has 0 radical (unpaired) electrons. The number of hydrogen-bond donors (Lipinski definition) is 0. The smallest absolute Gasteiger partial charge is 0.0645 e. The second-order valence-electron chi connectivity index (χ2n) is 14.0. The third-order valence-corrected chi connectivity index (χ3v) is 10.4. The molecule has 1 aliphatic rings. The first-order chi connectivity index (χ1) is 34.6. The van der Waals surface area contributed by atoms with Crippen molar-refractivity contribution >= 4 is 27.8 Å². The lowest BCUT2D eigenvalue weighted by Gasteiger charge is -2.28. The van der Waals surface area contributed by atoms with Gasteiger partial charge in [0, 0.05) is 22.5 Å². The van der Waals surface area contributed by atoms with Gasteiger partial charge in [-0.15, -0.1) is 0 Å². The summed E-state index contributed by atoms with van der Waals surface area (Å²) in [5.41, 5.74) is 1.84. The summed E-state index contributed by atoms with van der Waals surface area (Å²) in [6, 6.07) is 21.5. The third-order valence-electron chi connectivity index (χ3n) is 10.4. The molecule has 0 unspecified atom stereocenters. The third kappa shape index (κ3) is 5.90. The van der Waals surface area contributed by atoms with Crippen molar-refractivity contribution in [3.63, 3.8) is 0 Å². The first-order valence-electron chi connectivity index (χ1n) is 26.6. The lowest BCUT2D eigenvalue weighted by Crippen LogP contribution is -2.16. The number of fused-ring (bicyclic) bond motifs is 4. The van der Waals surface area contributed by atoms with E-state index >= 15 is 0 Å². The van der Waals surface area contributed by atoms with Crippen LogP contribution >= 0.6 is 0 Å². The van der Waals surface area contributed by atoms with Crippen LogP contribution in [0.1, 0.15) is 48.3 Å². The Labute approximate surface area is 353 Å². The van der Waals surface area contributed by atoms with Crippen LogP contribution in [0.5, 0.6) is 0 Å². The zero-order valence-electron chi connectivity index (χ0n) is 47.3. The normalized spacial score (nSPS) is 16.9. The Bertz CT molecular complexity index is 3760. The van der Waals surface area contributed by atoms with Gasteiger partial charge in [0.2, 0.25) is 0 Å². The topological polar surface area (TPSA) is 3.24 Å². The fraction of sp³-hybridized carbons (Fsp3) is 0.0545. The summed E-state index contributed by atoms with van der Waals surface area (Å²) in [4.78, 5) is 1.18. The first-order valence-corrected chi connectivity index (χ1v) is 18.1. The molecule has 9 aromatic carbocycles. The van der Waals surface area contributed by atoms with E-state index in [4.69, 9.17) is 12.3 Å². The van der Waals surface area contributed by atoms with Gasteiger partial charge >= 0.3 is 0 Å². The second kappa shape index (κ2) is 13.7. The average molecular weight is 733 g/mol. The molecule has 56 heavy (non-hydrogen) atoms.